The Hall–Kier alpha value is -2.14. The fourth-order valence-corrected chi connectivity index (χ4v) is 3.33. The van der Waals surface area contributed by atoms with Gasteiger partial charge in [0.2, 0.25) is 0 Å². The van der Waals surface area contributed by atoms with Crippen molar-refractivity contribution in [2.45, 2.75) is 13.0 Å². The molecule has 5 heteroatoms. The van der Waals surface area contributed by atoms with Gasteiger partial charge >= 0.3 is 0 Å². The lowest BCUT2D eigenvalue weighted by Crippen LogP contribution is -2.41. The first-order valence-electron chi connectivity index (χ1n) is 7.85. The molecule has 1 saturated heterocycles. The molecule has 1 fully saturated rings. The second-order valence-corrected chi connectivity index (χ2v) is 6.15. The molecule has 0 N–H and O–H groups in total. The smallest absolute Gasteiger partial charge is 0.281 e. The minimum atomic E-state index is -0.118. The minimum Gasteiger partial charge on any atom is -0.374 e. The van der Waals surface area contributed by atoms with Gasteiger partial charge in [0.15, 0.2) is 0 Å². The number of hydrogen-bond acceptors (Lipinski definition) is 4. The van der Waals surface area contributed by atoms with Gasteiger partial charge in [-0.3, -0.25) is 4.79 Å². The fraction of sp³-hybridized carbons (Fsp3) is 0.412. The lowest BCUT2D eigenvalue weighted by molar-refractivity contribution is 0.199. The van der Waals surface area contributed by atoms with E-state index in [1.165, 1.54) is 5.57 Å². The zero-order valence-electron chi connectivity index (χ0n) is 12.8. The zero-order valence-corrected chi connectivity index (χ0v) is 12.8. The summed E-state index contributed by atoms with van der Waals surface area (Å²) in [7, 11) is 2.16. The van der Waals surface area contributed by atoms with E-state index in [9.17, 15) is 4.79 Å². The number of aryl methyl sites for hydroxylation is 1. The minimum absolute atomic E-state index is 0.118. The van der Waals surface area contributed by atoms with Gasteiger partial charge in [0.05, 0.1) is 10.9 Å². The third-order valence-electron chi connectivity index (χ3n) is 4.66. The maximum absolute atomic E-state index is 12.2. The van der Waals surface area contributed by atoms with Gasteiger partial charge in [-0.05, 0) is 25.6 Å². The van der Waals surface area contributed by atoms with Crippen LogP contribution in [0.15, 0.2) is 35.3 Å². The van der Waals surface area contributed by atoms with Crippen molar-refractivity contribution < 1.29 is 0 Å². The number of piperazine rings is 1. The molecule has 3 heterocycles. The lowest BCUT2D eigenvalue weighted by Gasteiger charge is -2.31. The summed E-state index contributed by atoms with van der Waals surface area (Å²) in [5, 5.41) is 0.715. The summed E-state index contributed by atoms with van der Waals surface area (Å²) in [6.45, 7) is 5.15. The highest BCUT2D eigenvalue weighted by atomic mass is 16.1. The molecule has 0 aliphatic carbocycles. The van der Waals surface area contributed by atoms with Crippen LogP contribution in [0.5, 0.6) is 0 Å². The van der Waals surface area contributed by atoms with E-state index in [2.05, 4.69) is 32.6 Å². The Balaban J connectivity index is 1.75. The Kier molecular flexibility index (Phi) is 3.22. The van der Waals surface area contributed by atoms with Crippen LogP contribution in [-0.2, 0) is 6.54 Å². The van der Waals surface area contributed by atoms with E-state index in [-0.39, 0.29) is 5.56 Å². The van der Waals surface area contributed by atoms with Crippen molar-refractivity contribution in [3.05, 3.63) is 46.6 Å². The molecule has 114 valence electrons. The van der Waals surface area contributed by atoms with Gasteiger partial charge in [0.25, 0.3) is 5.56 Å². The van der Waals surface area contributed by atoms with Gasteiger partial charge in [0.1, 0.15) is 5.82 Å². The molecule has 0 saturated carbocycles. The standard InChI is InChI=1S/C17H20N4O/c1-19-8-10-20(11-9-19)12-13-6-7-21-15-5-3-2-4-14(15)17(22)18-16(13)21/h2-5,12H,6-11H2,1H3/b13-12+. The molecule has 2 aromatic rings. The molecular weight excluding hydrogens is 276 g/mol. The highest BCUT2D eigenvalue weighted by Gasteiger charge is 2.22. The highest BCUT2D eigenvalue weighted by Crippen LogP contribution is 2.28. The number of rotatable bonds is 1. The number of likely N-dealkylation sites (N-methyl/N-ethyl adjacent to an activating group) is 1. The number of nitrogens with zero attached hydrogens (tertiary/aromatic N) is 4. The van der Waals surface area contributed by atoms with Crippen LogP contribution in [0.4, 0.5) is 0 Å². The summed E-state index contributed by atoms with van der Waals surface area (Å²) >= 11 is 0. The number of allylic oxidation sites excluding steroid dienone is 1. The lowest BCUT2D eigenvalue weighted by atomic mass is 10.2. The van der Waals surface area contributed by atoms with Gasteiger partial charge in [-0.1, -0.05) is 12.1 Å². The average Bonchev–Trinajstić information content (AvgIpc) is 2.93. The van der Waals surface area contributed by atoms with Crippen LogP contribution in [0.1, 0.15) is 12.2 Å². The van der Waals surface area contributed by atoms with E-state index in [1.54, 1.807) is 0 Å². The number of benzene rings is 1. The molecule has 0 spiro atoms. The van der Waals surface area contributed by atoms with E-state index >= 15 is 0 Å². The zero-order chi connectivity index (χ0) is 15.1. The van der Waals surface area contributed by atoms with E-state index in [0.29, 0.717) is 5.39 Å². The van der Waals surface area contributed by atoms with Crippen molar-refractivity contribution in [1.82, 2.24) is 19.4 Å². The van der Waals surface area contributed by atoms with Crippen molar-refractivity contribution in [2.75, 3.05) is 33.2 Å². The van der Waals surface area contributed by atoms with Crippen LogP contribution in [0.3, 0.4) is 0 Å². The molecule has 4 rings (SSSR count). The topological polar surface area (TPSA) is 41.4 Å². The largest absolute Gasteiger partial charge is 0.374 e. The molecule has 1 aromatic heterocycles. The molecular formula is C17H20N4O. The molecule has 2 aliphatic heterocycles. The molecule has 22 heavy (non-hydrogen) atoms. The van der Waals surface area contributed by atoms with Crippen LogP contribution >= 0.6 is 0 Å². The predicted octanol–water partition coefficient (Wildman–Crippen LogP) is 1.39. The van der Waals surface area contributed by atoms with Gasteiger partial charge in [-0.2, -0.15) is 4.98 Å². The Labute approximate surface area is 129 Å². The van der Waals surface area contributed by atoms with Crippen molar-refractivity contribution >= 4 is 16.5 Å². The molecule has 0 amide bonds. The number of fused-ring (bicyclic) bond motifs is 3. The third-order valence-corrected chi connectivity index (χ3v) is 4.66. The van der Waals surface area contributed by atoms with Gasteiger partial charge in [-0.15, -0.1) is 0 Å². The second kappa shape index (κ2) is 5.25. The van der Waals surface area contributed by atoms with Gasteiger partial charge in [0, 0.05) is 44.5 Å². The average molecular weight is 296 g/mol. The first-order valence-corrected chi connectivity index (χ1v) is 7.85. The Morgan fingerprint density at radius 3 is 2.68 bits per heavy atom. The third kappa shape index (κ3) is 2.22. The summed E-state index contributed by atoms with van der Waals surface area (Å²) in [5.41, 5.74) is 2.07. The monoisotopic (exact) mass is 296 g/mol. The number of aromatic nitrogens is 2. The number of para-hydroxylation sites is 1. The Morgan fingerprint density at radius 1 is 1.09 bits per heavy atom. The molecule has 0 atom stereocenters. The maximum atomic E-state index is 12.2. The molecule has 1 aromatic carbocycles. The summed E-state index contributed by atoms with van der Waals surface area (Å²) in [4.78, 5) is 21.3. The van der Waals surface area contributed by atoms with E-state index in [0.717, 1.165) is 50.5 Å². The predicted molar refractivity (Wildman–Crippen MR) is 87.7 cm³/mol. The Morgan fingerprint density at radius 2 is 1.86 bits per heavy atom. The molecule has 2 aliphatic rings. The molecule has 0 unspecified atom stereocenters. The summed E-state index contributed by atoms with van der Waals surface area (Å²) in [5.74, 6) is 0.850. The maximum Gasteiger partial charge on any atom is 0.281 e. The van der Waals surface area contributed by atoms with Crippen molar-refractivity contribution in [3.63, 3.8) is 0 Å². The quantitative estimate of drug-likeness (QED) is 0.797. The summed E-state index contributed by atoms with van der Waals surface area (Å²) in [6, 6.07) is 7.76. The van der Waals surface area contributed by atoms with Crippen molar-refractivity contribution in [3.8, 4) is 0 Å². The first-order chi connectivity index (χ1) is 10.7. The van der Waals surface area contributed by atoms with E-state index in [4.69, 9.17) is 0 Å². The summed E-state index contributed by atoms with van der Waals surface area (Å²) in [6.07, 6.45) is 3.17. The molecule has 5 nitrogen and oxygen atoms in total. The van der Waals surface area contributed by atoms with Crippen molar-refractivity contribution in [2.24, 2.45) is 0 Å². The molecule has 0 bridgehead atoms. The highest BCUT2D eigenvalue weighted by molar-refractivity contribution is 5.81. The Bertz CT molecular complexity index is 800. The summed E-state index contributed by atoms with van der Waals surface area (Å²) < 4.78 is 2.18. The van der Waals surface area contributed by atoms with Crippen molar-refractivity contribution in [1.29, 1.82) is 0 Å². The normalized spacial score (nSPS) is 20.8. The van der Waals surface area contributed by atoms with E-state index in [1.807, 2.05) is 24.3 Å². The van der Waals surface area contributed by atoms with Crippen LogP contribution in [-0.4, -0.2) is 52.6 Å². The van der Waals surface area contributed by atoms with Crippen LogP contribution in [0, 0.1) is 0 Å². The fourth-order valence-electron chi connectivity index (χ4n) is 3.33. The van der Waals surface area contributed by atoms with E-state index < -0.39 is 0 Å². The van der Waals surface area contributed by atoms with Crippen LogP contribution in [0.2, 0.25) is 0 Å². The number of hydrogen-bond donors (Lipinski definition) is 0. The van der Waals surface area contributed by atoms with Gasteiger partial charge < -0.3 is 14.4 Å². The van der Waals surface area contributed by atoms with Gasteiger partial charge in [-0.25, -0.2) is 0 Å². The second-order valence-electron chi connectivity index (χ2n) is 6.15. The SMILES string of the molecule is CN1CCN(/C=C2\CCn3c2nc(=O)c2ccccc23)CC1. The van der Waals surface area contributed by atoms with Crippen LogP contribution in [0.25, 0.3) is 16.5 Å². The first kappa shape index (κ1) is 13.5. The molecule has 0 radical (unpaired) electrons. The van der Waals surface area contributed by atoms with Crippen LogP contribution < -0.4 is 5.56 Å².